The lowest BCUT2D eigenvalue weighted by Gasteiger charge is -2.16. The molecule has 2 N–H and O–H groups in total. The van der Waals surface area contributed by atoms with Crippen molar-refractivity contribution in [1.29, 1.82) is 0 Å². The molecule has 1 heterocycles. The van der Waals surface area contributed by atoms with Crippen molar-refractivity contribution >= 4 is 5.69 Å². The van der Waals surface area contributed by atoms with Crippen molar-refractivity contribution < 1.29 is 9.57 Å². The summed E-state index contributed by atoms with van der Waals surface area (Å²) in [6.07, 6.45) is 1.09. The van der Waals surface area contributed by atoms with Crippen molar-refractivity contribution in [2.24, 2.45) is 0 Å². The predicted molar refractivity (Wildman–Crippen MR) is 58.4 cm³/mol. The minimum atomic E-state index is 0.720. The van der Waals surface area contributed by atoms with Gasteiger partial charge in [0.2, 0.25) is 0 Å². The quantitative estimate of drug-likeness (QED) is 0.763. The van der Waals surface area contributed by atoms with Crippen LogP contribution in [0.5, 0.6) is 5.75 Å². The largest absolute Gasteiger partial charge is 0.496 e. The van der Waals surface area contributed by atoms with Crippen molar-refractivity contribution in [3.63, 3.8) is 0 Å². The van der Waals surface area contributed by atoms with Gasteiger partial charge in [0.1, 0.15) is 5.75 Å². The molecule has 0 unspecified atom stereocenters. The van der Waals surface area contributed by atoms with Gasteiger partial charge in [-0.3, -0.25) is 4.84 Å². The molecule has 4 heteroatoms. The Morgan fingerprint density at radius 1 is 1.53 bits per heavy atom. The van der Waals surface area contributed by atoms with E-state index in [1.165, 1.54) is 0 Å². The van der Waals surface area contributed by atoms with E-state index in [-0.39, 0.29) is 0 Å². The van der Waals surface area contributed by atoms with E-state index in [9.17, 15) is 0 Å². The number of ether oxygens (including phenoxy) is 1. The van der Waals surface area contributed by atoms with E-state index in [0.29, 0.717) is 0 Å². The molecule has 4 nitrogen and oxygen atoms in total. The summed E-state index contributed by atoms with van der Waals surface area (Å²) in [4.78, 5) is 5.43. The van der Waals surface area contributed by atoms with Gasteiger partial charge < -0.3 is 10.5 Å². The molecule has 0 saturated carbocycles. The molecule has 1 aromatic rings. The summed E-state index contributed by atoms with van der Waals surface area (Å²) >= 11 is 0. The van der Waals surface area contributed by atoms with Crippen LogP contribution in [-0.4, -0.2) is 25.3 Å². The first-order valence-electron chi connectivity index (χ1n) is 5.10. The van der Waals surface area contributed by atoms with Crippen LogP contribution in [-0.2, 0) is 11.4 Å². The van der Waals surface area contributed by atoms with Crippen molar-refractivity contribution in [1.82, 2.24) is 5.06 Å². The molecule has 0 aromatic heterocycles. The number of rotatable bonds is 3. The van der Waals surface area contributed by atoms with Crippen LogP contribution in [0, 0.1) is 0 Å². The third-order valence-corrected chi connectivity index (χ3v) is 2.48. The Hall–Kier alpha value is -1.26. The lowest BCUT2D eigenvalue weighted by molar-refractivity contribution is -0.117. The van der Waals surface area contributed by atoms with Gasteiger partial charge in [0.15, 0.2) is 0 Å². The lowest BCUT2D eigenvalue weighted by Crippen LogP contribution is -2.17. The Bertz CT molecular complexity index is 335. The van der Waals surface area contributed by atoms with Crippen LogP contribution >= 0.6 is 0 Å². The van der Waals surface area contributed by atoms with Crippen LogP contribution in [0.2, 0.25) is 0 Å². The second kappa shape index (κ2) is 4.51. The number of anilines is 1. The first-order valence-corrected chi connectivity index (χ1v) is 5.10. The molecule has 15 heavy (non-hydrogen) atoms. The summed E-state index contributed by atoms with van der Waals surface area (Å²) in [6.45, 7) is 2.55. The number of nitrogens with two attached hydrogens (primary N) is 1. The summed E-state index contributed by atoms with van der Waals surface area (Å²) in [5, 5.41) is 1.95. The molecule has 0 amide bonds. The molecule has 1 aromatic carbocycles. The lowest BCUT2D eigenvalue weighted by atomic mass is 10.2. The molecule has 0 spiro atoms. The zero-order valence-corrected chi connectivity index (χ0v) is 8.90. The molecular formula is C11H16N2O2. The number of hydroxylamine groups is 2. The normalized spacial score (nSPS) is 16.9. The fourth-order valence-electron chi connectivity index (χ4n) is 1.71. The average molecular weight is 208 g/mol. The maximum absolute atomic E-state index is 5.69. The minimum absolute atomic E-state index is 0.720. The van der Waals surface area contributed by atoms with Crippen LogP contribution in [0.1, 0.15) is 12.0 Å². The van der Waals surface area contributed by atoms with Crippen LogP contribution in [0.3, 0.4) is 0 Å². The van der Waals surface area contributed by atoms with Crippen LogP contribution in [0.15, 0.2) is 18.2 Å². The monoisotopic (exact) mass is 208 g/mol. The molecular weight excluding hydrogens is 192 g/mol. The molecule has 2 rings (SSSR count). The fourth-order valence-corrected chi connectivity index (χ4v) is 1.71. The highest BCUT2D eigenvalue weighted by atomic mass is 16.7. The molecule has 0 atom stereocenters. The van der Waals surface area contributed by atoms with Gasteiger partial charge in [-0.15, -0.1) is 0 Å². The second-order valence-electron chi connectivity index (χ2n) is 3.62. The zero-order chi connectivity index (χ0) is 10.7. The molecule has 1 aliphatic rings. The molecule has 0 radical (unpaired) electrons. The summed E-state index contributed by atoms with van der Waals surface area (Å²) in [5.41, 5.74) is 7.51. The molecule has 1 saturated heterocycles. The first-order chi connectivity index (χ1) is 7.29. The van der Waals surface area contributed by atoms with Crippen LogP contribution < -0.4 is 10.5 Å². The Morgan fingerprint density at radius 2 is 2.40 bits per heavy atom. The van der Waals surface area contributed by atoms with Gasteiger partial charge in [-0.1, -0.05) is 6.07 Å². The maximum Gasteiger partial charge on any atom is 0.125 e. The fraction of sp³-hybridized carbons (Fsp3) is 0.455. The highest BCUT2D eigenvalue weighted by Gasteiger charge is 2.14. The average Bonchev–Trinajstić information content (AvgIpc) is 2.73. The van der Waals surface area contributed by atoms with Gasteiger partial charge in [0, 0.05) is 23.9 Å². The first kappa shape index (κ1) is 10.3. The highest BCUT2D eigenvalue weighted by molar-refractivity contribution is 5.48. The summed E-state index contributed by atoms with van der Waals surface area (Å²) in [7, 11) is 1.66. The van der Waals surface area contributed by atoms with Gasteiger partial charge in [-0.25, -0.2) is 0 Å². The summed E-state index contributed by atoms with van der Waals surface area (Å²) in [5.74, 6) is 0.825. The smallest absolute Gasteiger partial charge is 0.125 e. The predicted octanol–water partition coefficient (Wildman–Crippen LogP) is 1.41. The summed E-state index contributed by atoms with van der Waals surface area (Å²) < 4.78 is 5.27. The van der Waals surface area contributed by atoms with Crippen molar-refractivity contribution in [3.05, 3.63) is 23.8 Å². The van der Waals surface area contributed by atoms with Crippen LogP contribution in [0.25, 0.3) is 0 Å². The highest BCUT2D eigenvalue weighted by Crippen LogP contribution is 2.23. The van der Waals surface area contributed by atoms with E-state index >= 15 is 0 Å². The second-order valence-corrected chi connectivity index (χ2v) is 3.62. The topological polar surface area (TPSA) is 47.7 Å². The number of methoxy groups -OCH3 is 1. The van der Waals surface area contributed by atoms with E-state index in [0.717, 1.165) is 43.1 Å². The van der Waals surface area contributed by atoms with Gasteiger partial charge in [0.05, 0.1) is 20.3 Å². The van der Waals surface area contributed by atoms with Gasteiger partial charge >= 0.3 is 0 Å². The molecule has 1 aliphatic heterocycles. The van der Waals surface area contributed by atoms with Crippen LogP contribution in [0.4, 0.5) is 5.69 Å². The third-order valence-electron chi connectivity index (χ3n) is 2.48. The Balaban J connectivity index is 2.12. The Morgan fingerprint density at radius 3 is 3.07 bits per heavy atom. The van der Waals surface area contributed by atoms with Crippen molar-refractivity contribution in [2.45, 2.75) is 13.0 Å². The molecule has 82 valence electrons. The number of nitrogens with zero attached hydrogens (tertiary/aromatic N) is 1. The molecule has 0 bridgehead atoms. The van der Waals surface area contributed by atoms with E-state index in [1.54, 1.807) is 7.11 Å². The van der Waals surface area contributed by atoms with Gasteiger partial charge in [0.25, 0.3) is 0 Å². The Labute approximate surface area is 89.5 Å². The molecule has 1 fully saturated rings. The van der Waals surface area contributed by atoms with E-state index in [4.69, 9.17) is 15.3 Å². The number of nitrogen functional groups attached to an aromatic ring is 1. The molecule has 0 aliphatic carbocycles. The number of hydrogen-bond acceptors (Lipinski definition) is 4. The number of hydrogen-bond donors (Lipinski definition) is 1. The van der Waals surface area contributed by atoms with Gasteiger partial charge in [-0.05, 0) is 12.5 Å². The van der Waals surface area contributed by atoms with Crippen molar-refractivity contribution in [2.75, 3.05) is 26.0 Å². The number of benzene rings is 1. The van der Waals surface area contributed by atoms with E-state index < -0.39 is 0 Å². The zero-order valence-electron chi connectivity index (χ0n) is 8.90. The van der Waals surface area contributed by atoms with Gasteiger partial charge in [-0.2, -0.15) is 5.06 Å². The SMILES string of the molecule is COc1cc(N)ccc1CN1CCCO1. The van der Waals surface area contributed by atoms with E-state index in [2.05, 4.69) is 0 Å². The minimum Gasteiger partial charge on any atom is -0.496 e. The standard InChI is InChI=1S/C11H16N2O2/c1-14-11-7-10(12)4-3-9(11)8-13-5-2-6-15-13/h3-4,7H,2,5-6,8,12H2,1H3. The van der Waals surface area contributed by atoms with E-state index in [1.807, 2.05) is 23.3 Å². The summed E-state index contributed by atoms with van der Waals surface area (Å²) in [6, 6.07) is 5.70. The Kier molecular flexibility index (Phi) is 3.08. The maximum atomic E-state index is 5.69. The third kappa shape index (κ3) is 2.40. The van der Waals surface area contributed by atoms with Crippen molar-refractivity contribution in [3.8, 4) is 5.75 Å².